The topological polar surface area (TPSA) is 150 Å². The van der Waals surface area contributed by atoms with Crippen molar-refractivity contribution >= 4 is 17.8 Å². The quantitative estimate of drug-likeness (QED) is 0.385. The summed E-state index contributed by atoms with van der Waals surface area (Å²) in [5.41, 5.74) is 7.27. The van der Waals surface area contributed by atoms with Crippen LogP contribution in [0, 0.1) is 5.92 Å². The molecule has 1 aromatic heterocycles. The molecule has 0 aliphatic heterocycles. The summed E-state index contributed by atoms with van der Waals surface area (Å²) in [6.45, 7) is 3.60. The van der Waals surface area contributed by atoms with E-state index < -0.39 is 35.9 Å². The zero-order valence-electron chi connectivity index (χ0n) is 16.5. The van der Waals surface area contributed by atoms with Gasteiger partial charge in [0.05, 0.1) is 12.4 Å². The number of H-pyrrole nitrogens is 1. The van der Waals surface area contributed by atoms with Gasteiger partial charge in [0.25, 0.3) is 0 Å². The van der Waals surface area contributed by atoms with Crippen LogP contribution in [0.4, 0.5) is 0 Å². The number of nitrogens with two attached hydrogens (primary N) is 1. The summed E-state index contributed by atoms with van der Waals surface area (Å²) in [4.78, 5) is 43.7. The van der Waals surface area contributed by atoms with E-state index in [1.165, 1.54) is 12.5 Å². The molecule has 6 N–H and O–H groups in total. The second-order valence-electron chi connectivity index (χ2n) is 7.20. The molecule has 3 unspecified atom stereocenters. The molecule has 3 atom stereocenters. The summed E-state index contributed by atoms with van der Waals surface area (Å²) in [5, 5.41) is 14.7. The van der Waals surface area contributed by atoms with Crippen LogP contribution in [0.2, 0.25) is 0 Å². The number of benzene rings is 1. The Kier molecular flexibility index (Phi) is 7.90. The molecule has 0 bridgehead atoms. The fourth-order valence-electron chi connectivity index (χ4n) is 2.72. The molecular formula is C20H27N5O4. The maximum absolute atomic E-state index is 12.8. The molecule has 0 saturated carbocycles. The summed E-state index contributed by atoms with van der Waals surface area (Å²) in [6, 6.07) is 6.07. The van der Waals surface area contributed by atoms with Crippen molar-refractivity contribution in [2.45, 2.75) is 44.8 Å². The van der Waals surface area contributed by atoms with E-state index in [4.69, 9.17) is 5.73 Å². The van der Waals surface area contributed by atoms with E-state index in [1.807, 2.05) is 6.07 Å². The minimum atomic E-state index is -1.16. The normalized spacial score (nSPS) is 14.1. The molecule has 29 heavy (non-hydrogen) atoms. The van der Waals surface area contributed by atoms with E-state index in [0.717, 1.165) is 5.56 Å². The summed E-state index contributed by atoms with van der Waals surface area (Å²) in [6.07, 6.45) is 3.24. The van der Waals surface area contributed by atoms with E-state index in [0.29, 0.717) is 5.69 Å². The lowest BCUT2D eigenvalue weighted by Crippen LogP contribution is -2.56. The van der Waals surface area contributed by atoms with Gasteiger partial charge in [-0.2, -0.15) is 0 Å². The number of aliphatic carboxylic acids is 1. The van der Waals surface area contributed by atoms with Crippen molar-refractivity contribution < 1.29 is 19.5 Å². The molecule has 2 aromatic rings. The average molecular weight is 401 g/mol. The van der Waals surface area contributed by atoms with E-state index in [1.54, 1.807) is 38.1 Å². The molecule has 0 aliphatic rings. The Labute approximate surface area is 169 Å². The fourth-order valence-corrected chi connectivity index (χ4v) is 2.72. The van der Waals surface area contributed by atoms with Crippen LogP contribution in [0.15, 0.2) is 42.9 Å². The van der Waals surface area contributed by atoms with Crippen molar-refractivity contribution in [3.8, 4) is 0 Å². The number of nitrogens with zero attached hydrogens (tertiary/aromatic N) is 1. The summed E-state index contributed by atoms with van der Waals surface area (Å²) in [7, 11) is 0. The molecule has 2 rings (SSSR count). The average Bonchev–Trinajstić information content (AvgIpc) is 3.20. The van der Waals surface area contributed by atoms with Gasteiger partial charge in [0, 0.05) is 24.7 Å². The molecule has 0 fully saturated rings. The van der Waals surface area contributed by atoms with Gasteiger partial charge in [-0.1, -0.05) is 44.2 Å². The fraction of sp³-hybridized carbons (Fsp3) is 0.400. The smallest absolute Gasteiger partial charge is 0.326 e. The number of amides is 2. The molecule has 0 aliphatic carbocycles. The highest BCUT2D eigenvalue weighted by atomic mass is 16.4. The third kappa shape index (κ3) is 6.72. The van der Waals surface area contributed by atoms with Gasteiger partial charge in [0.15, 0.2) is 0 Å². The van der Waals surface area contributed by atoms with Crippen LogP contribution in [0.5, 0.6) is 0 Å². The van der Waals surface area contributed by atoms with Crippen molar-refractivity contribution in [3.05, 3.63) is 54.1 Å². The van der Waals surface area contributed by atoms with Gasteiger partial charge in [0.1, 0.15) is 12.1 Å². The number of aromatic nitrogens is 2. The van der Waals surface area contributed by atoms with E-state index in [2.05, 4.69) is 20.6 Å². The number of hydrogen-bond donors (Lipinski definition) is 5. The molecular weight excluding hydrogens is 374 g/mol. The first-order valence-electron chi connectivity index (χ1n) is 9.38. The number of hydrogen-bond acceptors (Lipinski definition) is 5. The molecule has 0 radical (unpaired) electrons. The van der Waals surface area contributed by atoms with Crippen molar-refractivity contribution in [1.29, 1.82) is 0 Å². The second kappa shape index (κ2) is 10.4. The molecule has 1 heterocycles. The van der Waals surface area contributed by atoms with E-state index in [9.17, 15) is 19.5 Å². The summed E-state index contributed by atoms with van der Waals surface area (Å²) < 4.78 is 0. The van der Waals surface area contributed by atoms with Gasteiger partial charge in [-0.05, 0) is 11.5 Å². The molecule has 1 aromatic carbocycles. The molecule has 2 amide bonds. The van der Waals surface area contributed by atoms with Crippen LogP contribution >= 0.6 is 0 Å². The van der Waals surface area contributed by atoms with Crippen LogP contribution < -0.4 is 16.4 Å². The highest BCUT2D eigenvalue weighted by Gasteiger charge is 2.29. The van der Waals surface area contributed by atoms with Crippen LogP contribution in [0.25, 0.3) is 0 Å². The second-order valence-corrected chi connectivity index (χ2v) is 7.20. The standard InChI is InChI=1S/C20H27N5O4/c1-12(2)17(21)19(27)24-15(9-14-10-22-11-23-14)18(26)25-16(20(28)29)8-13-6-4-3-5-7-13/h3-7,10-12,15-17H,8-9,21H2,1-2H3,(H,22,23)(H,24,27)(H,25,26)(H,28,29). The number of carbonyl (C=O) groups excluding carboxylic acids is 2. The molecule has 0 spiro atoms. The maximum atomic E-state index is 12.8. The van der Waals surface area contributed by atoms with Crippen molar-refractivity contribution in [3.63, 3.8) is 0 Å². The molecule has 156 valence electrons. The molecule has 0 saturated heterocycles. The first-order chi connectivity index (χ1) is 13.8. The first kappa shape index (κ1) is 22.1. The SMILES string of the molecule is CC(C)C(N)C(=O)NC(Cc1cnc[nH]1)C(=O)NC(Cc1ccccc1)C(=O)O. The zero-order valence-corrected chi connectivity index (χ0v) is 16.5. The van der Waals surface area contributed by atoms with Crippen molar-refractivity contribution in [2.75, 3.05) is 0 Å². The Morgan fingerprint density at radius 1 is 1.07 bits per heavy atom. The monoisotopic (exact) mass is 401 g/mol. The van der Waals surface area contributed by atoms with Gasteiger partial charge in [0.2, 0.25) is 11.8 Å². The van der Waals surface area contributed by atoms with Gasteiger partial charge in [-0.15, -0.1) is 0 Å². The van der Waals surface area contributed by atoms with Gasteiger partial charge in [-0.3, -0.25) is 9.59 Å². The van der Waals surface area contributed by atoms with Crippen LogP contribution in [-0.2, 0) is 27.2 Å². The number of aromatic amines is 1. The van der Waals surface area contributed by atoms with E-state index in [-0.39, 0.29) is 18.8 Å². The third-order valence-corrected chi connectivity index (χ3v) is 4.53. The number of carboxylic acid groups (broad SMARTS) is 1. The van der Waals surface area contributed by atoms with Gasteiger partial charge >= 0.3 is 5.97 Å². The number of carboxylic acids is 1. The first-order valence-corrected chi connectivity index (χ1v) is 9.38. The maximum Gasteiger partial charge on any atom is 0.326 e. The zero-order chi connectivity index (χ0) is 21.4. The Hall–Kier alpha value is -3.20. The van der Waals surface area contributed by atoms with Crippen LogP contribution in [0.1, 0.15) is 25.1 Å². The molecule has 9 nitrogen and oxygen atoms in total. The lowest BCUT2D eigenvalue weighted by atomic mass is 10.0. The number of nitrogens with one attached hydrogen (secondary N) is 3. The van der Waals surface area contributed by atoms with Crippen molar-refractivity contribution in [2.24, 2.45) is 11.7 Å². The summed E-state index contributed by atoms with van der Waals surface area (Å²) >= 11 is 0. The summed E-state index contributed by atoms with van der Waals surface area (Å²) in [5.74, 6) is -2.36. The minimum Gasteiger partial charge on any atom is -0.480 e. The van der Waals surface area contributed by atoms with Crippen LogP contribution in [0.3, 0.4) is 0 Å². The van der Waals surface area contributed by atoms with Crippen molar-refractivity contribution in [1.82, 2.24) is 20.6 Å². The Morgan fingerprint density at radius 3 is 2.28 bits per heavy atom. The highest BCUT2D eigenvalue weighted by molar-refractivity contribution is 5.92. The number of carbonyl (C=O) groups is 3. The van der Waals surface area contributed by atoms with Gasteiger partial charge in [-0.25, -0.2) is 9.78 Å². The number of imidazole rings is 1. The van der Waals surface area contributed by atoms with Gasteiger partial charge < -0.3 is 26.5 Å². The predicted octanol–water partition coefficient (Wildman–Crippen LogP) is 0.232. The third-order valence-electron chi connectivity index (χ3n) is 4.53. The molecule has 9 heteroatoms. The lowest BCUT2D eigenvalue weighted by Gasteiger charge is -2.23. The number of rotatable bonds is 10. The Balaban J connectivity index is 2.13. The minimum absolute atomic E-state index is 0.115. The van der Waals surface area contributed by atoms with E-state index >= 15 is 0 Å². The Bertz CT molecular complexity index is 808. The van der Waals surface area contributed by atoms with Crippen LogP contribution in [-0.4, -0.2) is 51.0 Å². The Morgan fingerprint density at radius 2 is 1.72 bits per heavy atom. The highest BCUT2D eigenvalue weighted by Crippen LogP contribution is 2.06. The lowest BCUT2D eigenvalue weighted by molar-refractivity contribution is -0.142. The largest absolute Gasteiger partial charge is 0.480 e. The predicted molar refractivity (Wildman–Crippen MR) is 107 cm³/mol.